The summed E-state index contributed by atoms with van der Waals surface area (Å²) in [5, 5.41) is 4.07. The van der Waals surface area contributed by atoms with Gasteiger partial charge in [0.15, 0.2) is 0 Å². The Morgan fingerprint density at radius 3 is 2.67 bits per heavy atom. The summed E-state index contributed by atoms with van der Waals surface area (Å²) in [7, 11) is 1.72. The zero-order valence-corrected chi connectivity index (χ0v) is 19.2. The lowest BCUT2D eigenvalue weighted by molar-refractivity contribution is 0.122. The molecule has 0 unspecified atom stereocenters. The van der Waals surface area contributed by atoms with Crippen molar-refractivity contribution >= 4 is 22.4 Å². The smallest absolute Gasteiger partial charge is 0.264 e. The Morgan fingerprint density at radius 2 is 1.91 bits per heavy atom. The summed E-state index contributed by atoms with van der Waals surface area (Å²) in [4.78, 5) is 28.3. The lowest BCUT2D eigenvalue weighted by Gasteiger charge is -2.31. The van der Waals surface area contributed by atoms with Gasteiger partial charge in [-0.15, -0.1) is 0 Å². The minimum Gasteiger partial charge on any atom is -0.489 e. The van der Waals surface area contributed by atoms with Crippen molar-refractivity contribution in [2.45, 2.75) is 44.8 Å². The highest BCUT2D eigenvalue weighted by molar-refractivity contribution is 5.88. The van der Waals surface area contributed by atoms with Gasteiger partial charge in [0.05, 0.1) is 31.2 Å². The SMILES string of the molecule is Cc1nccc(N[C@H]2CC[C@@H](Oc3cc(N4CCOCC4)cc4ncn(C)c(=O)c34)CC2)n1. The van der Waals surface area contributed by atoms with Crippen LogP contribution in [0.1, 0.15) is 31.5 Å². The molecule has 9 nitrogen and oxygen atoms in total. The van der Waals surface area contributed by atoms with E-state index in [9.17, 15) is 4.79 Å². The third-order valence-electron chi connectivity index (χ3n) is 6.44. The van der Waals surface area contributed by atoms with Crippen molar-refractivity contribution in [1.29, 1.82) is 0 Å². The molecule has 33 heavy (non-hydrogen) atoms. The average molecular weight is 451 g/mol. The van der Waals surface area contributed by atoms with E-state index in [2.05, 4.69) is 25.2 Å². The first kappa shape index (κ1) is 21.6. The van der Waals surface area contributed by atoms with Gasteiger partial charge in [0, 0.05) is 44.1 Å². The topological polar surface area (TPSA) is 94.4 Å². The quantitative estimate of drug-likeness (QED) is 0.634. The molecule has 0 atom stereocenters. The Kier molecular flexibility index (Phi) is 6.13. The van der Waals surface area contributed by atoms with E-state index in [4.69, 9.17) is 9.47 Å². The number of nitrogens with one attached hydrogen (secondary N) is 1. The maximum absolute atomic E-state index is 12.9. The van der Waals surface area contributed by atoms with E-state index >= 15 is 0 Å². The van der Waals surface area contributed by atoms with E-state index in [0.29, 0.717) is 35.9 Å². The number of aromatic nitrogens is 4. The number of nitrogens with zero attached hydrogens (tertiary/aromatic N) is 5. The van der Waals surface area contributed by atoms with E-state index in [1.807, 2.05) is 25.1 Å². The van der Waals surface area contributed by atoms with Crippen LogP contribution >= 0.6 is 0 Å². The van der Waals surface area contributed by atoms with Crippen LogP contribution in [0.15, 0.2) is 35.5 Å². The number of rotatable bonds is 5. The fourth-order valence-electron chi connectivity index (χ4n) is 4.63. The highest BCUT2D eigenvalue weighted by atomic mass is 16.5. The molecule has 1 N–H and O–H groups in total. The zero-order chi connectivity index (χ0) is 22.8. The fourth-order valence-corrected chi connectivity index (χ4v) is 4.63. The molecule has 2 aliphatic rings. The molecule has 9 heteroatoms. The van der Waals surface area contributed by atoms with Crippen LogP contribution in [0.5, 0.6) is 5.75 Å². The van der Waals surface area contributed by atoms with E-state index < -0.39 is 0 Å². The lowest BCUT2D eigenvalue weighted by Crippen LogP contribution is -2.36. The molecule has 1 saturated heterocycles. The molecule has 0 bridgehead atoms. The summed E-state index contributed by atoms with van der Waals surface area (Å²) in [6.45, 7) is 4.91. The standard InChI is InChI=1S/C24H30N6O3/c1-16-25-8-7-22(27-16)28-17-3-5-19(6-4-17)33-21-14-18(30-9-11-32-12-10-30)13-20-23(21)24(31)29(2)15-26-20/h7-8,13-15,17,19H,3-6,9-12H2,1-2H3,(H,25,27,28)/t17-,19+. The number of aryl methyl sites for hydroxylation is 2. The third kappa shape index (κ3) is 4.78. The second kappa shape index (κ2) is 9.35. The molecule has 1 aliphatic carbocycles. The average Bonchev–Trinajstić information content (AvgIpc) is 2.83. The number of fused-ring (bicyclic) bond motifs is 1. The number of anilines is 2. The van der Waals surface area contributed by atoms with Gasteiger partial charge >= 0.3 is 0 Å². The number of ether oxygens (including phenoxy) is 2. The van der Waals surface area contributed by atoms with Gasteiger partial charge in [-0.25, -0.2) is 15.0 Å². The molecular weight excluding hydrogens is 420 g/mol. The Morgan fingerprint density at radius 1 is 1.12 bits per heavy atom. The number of benzene rings is 1. The molecule has 0 amide bonds. The van der Waals surface area contributed by atoms with Crippen LogP contribution in [0.2, 0.25) is 0 Å². The Balaban J connectivity index is 1.34. The molecule has 2 aromatic heterocycles. The van der Waals surface area contributed by atoms with E-state index in [-0.39, 0.29) is 11.7 Å². The van der Waals surface area contributed by atoms with Crippen molar-refractivity contribution in [3.05, 3.63) is 46.9 Å². The zero-order valence-electron chi connectivity index (χ0n) is 19.2. The molecule has 3 aromatic rings. The second-order valence-electron chi connectivity index (χ2n) is 8.82. The molecule has 0 radical (unpaired) electrons. The number of hydrogen-bond acceptors (Lipinski definition) is 8. The van der Waals surface area contributed by atoms with Crippen molar-refractivity contribution in [3.63, 3.8) is 0 Å². The maximum atomic E-state index is 12.9. The molecule has 0 spiro atoms. The van der Waals surface area contributed by atoms with Crippen LogP contribution in [0.3, 0.4) is 0 Å². The van der Waals surface area contributed by atoms with Crippen molar-refractivity contribution < 1.29 is 9.47 Å². The summed E-state index contributed by atoms with van der Waals surface area (Å²) >= 11 is 0. The molecule has 1 aromatic carbocycles. The highest BCUT2D eigenvalue weighted by Crippen LogP contribution is 2.33. The largest absolute Gasteiger partial charge is 0.489 e. The van der Waals surface area contributed by atoms with Gasteiger partial charge in [-0.05, 0) is 44.7 Å². The van der Waals surface area contributed by atoms with Crippen LogP contribution in [0, 0.1) is 6.92 Å². The summed E-state index contributed by atoms with van der Waals surface area (Å²) in [6, 6.07) is 6.25. The van der Waals surface area contributed by atoms with Crippen LogP contribution in [0.4, 0.5) is 11.5 Å². The van der Waals surface area contributed by atoms with E-state index in [1.54, 1.807) is 19.6 Å². The van der Waals surface area contributed by atoms with Gasteiger partial charge in [-0.1, -0.05) is 0 Å². The van der Waals surface area contributed by atoms with E-state index in [0.717, 1.165) is 56.1 Å². The normalized spacial score (nSPS) is 21.2. The highest BCUT2D eigenvalue weighted by Gasteiger charge is 2.25. The monoisotopic (exact) mass is 450 g/mol. The summed E-state index contributed by atoms with van der Waals surface area (Å²) in [6.07, 6.45) is 7.18. The van der Waals surface area contributed by atoms with Gasteiger partial charge in [-0.2, -0.15) is 0 Å². The van der Waals surface area contributed by atoms with Gasteiger partial charge in [0.2, 0.25) is 0 Å². The minimum absolute atomic E-state index is 0.0586. The summed E-state index contributed by atoms with van der Waals surface area (Å²) in [5.74, 6) is 2.26. The Labute approximate surface area is 192 Å². The molecule has 1 aliphatic heterocycles. The predicted octanol–water partition coefficient (Wildman–Crippen LogP) is 2.67. The first-order valence-corrected chi connectivity index (χ1v) is 11.6. The van der Waals surface area contributed by atoms with Crippen molar-refractivity contribution in [2.24, 2.45) is 7.05 Å². The van der Waals surface area contributed by atoms with Gasteiger partial charge in [0.1, 0.15) is 22.8 Å². The van der Waals surface area contributed by atoms with E-state index in [1.165, 1.54) is 4.57 Å². The van der Waals surface area contributed by atoms with Crippen LogP contribution in [-0.4, -0.2) is 58.0 Å². The van der Waals surface area contributed by atoms with Crippen LogP contribution < -0.4 is 20.5 Å². The third-order valence-corrected chi connectivity index (χ3v) is 6.44. The van der Waals surface area contributed by atoms with Crippen molar-refractivity contribution in [3.8, 4) is 5.75 Å². The Hall–Kier alpha value is -3.20. The molecule has 1 saturated carbocycles. The fraction of sp³-hybridized carbons (Fsp3) is 0.500. The lowest BCUT2D eigenvalue weighted by atomic mass is 9.93. The molecular formula is C24H30N6O3. The molecule has 174 valence electrons. The predicted molar refractivity (Wildman–Crippen MR) is 127 cm³/mol. The summed E-state index contributed by atoms with van der Waals surface area (Å²) < 4.78 is 13.5. The van der Waals surface area contributed by atoms with Crippen LogP contribution in [0.25, 0.3) is 10.9 Å². The minimum atomic E-state index is -0.0852. The first-order chi connectivity index (χ1) is 16.1. The second-order valence-corrected chi connectivity index (χ2v) is 8.82. The van der Waals surface area contributed by atoms with Gasteiger partial charge < -0.3 is 24.3 Å². The molecule has 3 heterocycles. The van der Waals surface area contributed by atoms with Crippen molar-refractivity contribution in [2.75, 3.05) is 36.5 Å². The number of hydrogen-bond donors (Lipinski definition) is 1. The van der Waals surface area contributed by atoms with Crippen LogP contribution in [-0.2, 0) is 11.8 Å². The first-order valence-electron chi connectivity index (χ1n) is 11.6. The Bertz CT molecular complexity index is 1180. The summed E-state index contributed by atoms with van der Waals surface area (Å²) in [5.41, 5.74) is 1.61. The molecule has 2 fully saturated rings. The van der Waals surface area contributed by atoms with Gasteiger partial charge in [0.25, 0.3) is 5.56 Å². The van der Waals surface area contributed by atoms with Crippen molar-refractivity contribution in [1.82, 2.24) is 19.5 Å². The molecule has 5 rings (SSSR count). The van der Waals surface area contributed by atoms with Gasteiger partial charge in [-0.3, -0.25) is 4.79 Å². The maximum Gasteiger partial charge on any atom is 0.264 e. The number of morpholine rings is 1.